The van der Waals surface area contributed by atoms with Crippen LogP contribution in [0.1, 0.15) is 5.56 Å². The molecule has 0 aliphatic heterocycles. The summed E-state index contributed by atoms with van der Waals surface area (Å²) >= 11 is 6.08. The third-order valence-electron chi connectivity index (χ3n) is 3.81. The maximum Gasteiger partial charge on any atom is 0.468 e. The lowest BCUT2D eigenvalue weighted by Crippen LogP contribution is -2.32. The highest BCUT2D eigenvalue weighted by Crippen LogP contribution is 2.63. The highest BCUT2D eigenvalue weighted by molar-refractivity contribution is 7.55. The lowest BCUT2D eigenvalue weighted by atomic mass is 10.1. The first-order valence-corrected chi connectivity index (χ1v) is 10.1. The molecule has 0 radical (unpaired) electrons. The number of aliphatic hydroxyl groups is 1. The number of hydrogen-bond donors (Lipinski definition) is 1. The van der Waals surface area contributed by atoms with Crippen LogP contribution < -0.4 is 9.05 Å². The maximum absolute atomic E-state index is 13.8. The van der Waals surface area contributed by atoms with E-state index in [0.717, 1.165) is 0 Å². The Bertz CT molecular complexity index is 829. The fraction of sp³-hybridized carbons (Fsp3) is 0.100. The molecule has 3 aromatic carbocycles. The van der Waals surface area contributed by atoms with Crippen LogP contribution in [0.5, 0.6) is 11.5 Å². The van der Waals surface area contributed by atoms with Crippen LogP contribution in [0.25, 0.3) is 0 Å². The molecule has 1 atom stereocenters. The summed E-state index contributed by atoms with van der Waals surface area (Å²) in [7, 11) is -4.18. The highest BCUT2D eigenvalue weighted by atomic mass is 35.5. The van der Waals surface area contributed by atoms with Gasteiger partial charge in [0.05, 0.1) is 5.88 Å². The van der Waals surface area contributed by atoms with Crippen molar-refractivity contribution in [3.8, 4) is 11.5 Å². The van der Waals surface area contributed by atoms with Crippen LogP contribution in [0.3, 0.4) is 0 Å². The van der Waals surface area contributed by atoms with Gasteiger partial charge in [0.15, 0.2) is 0 Å². The molecule has 1 unspecified atom stereocenters. The van der Waals surface area contributed by atoms with E-state index in [1.807, 2.05) is 0 Å². The SMILES string of the molecule is O=P(Oc1ccccc1)(Oc1ccccc1)C(O)(CCl)c1ccccc1. The van der Waals surface area contributed by atoms with E-state index in [0.29, 0.717) is 17.1 Å². The van der Waals surface area contributed by atoms with Crippen molar-refractivity contribution in [3.63, 3.8) is 0 Å². The monoisotopic (exact) mass is 388 g/mol. The second-order valence-corrected chi connectivity index (χ2v) is 7.99. The van der Waals surface area contributed by atoms with Gasteiger partial charge in [-0.1, -0.05) is 66.7 Å². The van der Waals surface area contributed by atoms with Crippen LogP contribution in [0, 0.1) is 0 Å². The standard InChI is InChI=1S/C20H18ClO4P/c21-16-20(22,17-10-4-1-5-11-17)26(23,24-18-12-6-2-7-13-18)25-19-14-8-3-9-15-19/h1-15,22H,16H2. The summed E-state index contributed by atoms with van der Waals surface area (Å²) < 4.78 is 25.3. The smallest absolute Gasteiger partial charge is 0.414 e. The van der Waals surface area contributed by atoms with Gasteiger partial charge in [-0.2, -0.15) is 0 Å². The van der Waals surface area contributed by atoms with E-state index in [1.165, 1.54) is 0 Å². The number of hydrogen-bond acceptors (Lipinski definition) is 4. The Morgan fingerprint density at radius 2 is 1.15 bits per heavy atom. The Labute approximate surface area is 157 Å². The molecule has 0 aromatic heterocycles. The predicted octanol–water partition coefficient (Wildman–Crippen LogP) is 5.42. The van der Waals surface area contributed by atoms with Gasteiger partial charge in [-0.3, -0.25) is 0 Å². The zero-order valence-corrected chi connectivity index (χ0v) is 15.5. The van der Waals surface area contributed by atoms with Gasteiger partial charge in [-0.05, 0) is 29.8 Å². The zero-order chi connectivity index (χ0) is 18.5. The van der Waals surface area contributed by atoms with Crippen LogP contribution in [0.4, 0.5) is 0 Å². The molecule has 26 heavy (non-hydrogen) atoms. The van der Waals surface area contributed by atoms with Crippen molar-refractivity contribution in [2.45, 2.75) is 5.34 Å². The molecule has 0 bridgehead atoms. The second-order valence-electron chi connectivity index (χ2n) is 5.62. The fourth-order valence-electron chi connectivity index (χ4n) is 2.42. The minimum absolute atomic E-state index is 0.311. The van der Waals surface area contributed by atoms with Crippen molar-refractivity contribution in [1.29, 1.82) is 0 Å². The molecule has 6 heteroatoms. The Kier molecular flexibility index (Phi) is 5.67. The summed E-state index contributed by atoms with van der Waals surface area (Å²) in [5.74, 6) is 0.256. The summed E-state index contributed by atoms with van der Waals surface area (Å²) in [6, 6.07) is 25.6. The summed E-state index contributed by atoms with van der Waals surface area (Å²) in [4.78, 5) is 0. The van der Waals surface area contributed by atoms with E-state index in [4.69, 9.17) is 20.6 Å². The number of rotatable bonds is 7. The Morgan fingerprint density at radius 3 is 1.54 bits per heavy atom. The Hall–Kier alpha value is -2.26. The van der Waals surface area contributed by atoms with Gasteiger partial charge in [0.2, 0.25) is 5.34 Å². The largest absolute Gasteiger partial charge is 0.468 e. The molecule has 4 nitrogen and oxygen atoms in total. The van der Waals surface area contributed by atoms with Gasteiger partial charge >= 0.3 is 7.60 Å². The van der Waals surface area contributed by atoms with E-state index in [9.17, 15) is 9.67 Å². The van der Waals surface area contributed by atoms with Crippen molar-refractivity contribution in [2.75, 3.05) is 5.88 Å². The number of para-hydroxylation sites is 2. The highest BCUT2D eigenvalue weighted by Gasteiger charge is 2.54. The van der Waals surface area contributed by atoms with Crippen molar-refractivity contribution in [2.24, 2.45) is 0 Å². The van der Waals surface area contributed by atoms with E-state index in [-0.39, 0.29) is 5.88 Å². The lowest BCUT2D eigenvalue weighted by molar-refractivity contribution is 0.116. The van der Waals surface area contributed by atoms with Gasteiger partial charge in [0.1, 0.15) is 11.5 Å². The summed E-state index contributed by atoms with van der Waals surface area (Å²) in [5, 5.41) is 9.26. The first-order chi connectivity index (χ1) is 12.6. The maximum atomic E-state index is 13.8. The van der Waals surface area contributed by atoms with Gasteiger partial charge in [0.25, 0.3) is 0 Å². The molecular formula is C20H18ClO4P. The van der Waals surface area contributed by atoms with E-state index in [2.05, 4.69) is 0 Å². The lowest BCUT2D eigenvalue weighted by Gasteiger charge is -2.33. The minimum atomic E-state index is -4.18. The second kappa shape index (κ2) is 7.96. The first kappa shape index (κ1) is 18.5. The third-order valence-corrected chi connectivity index (χ3v) is 6.61. The van der Waals surface area contributed by atoms with Crippen molar-refractivity contribution < 1.29 is 18.7 Å². The molecule has 0 amide bonds. The minimum Gasteiger partial charge on any atom is -0.414 e. The van der Waals surface area contributed by atoms with Crippen molar-refractivity contribution in [3.05, 3.63) is 96.6 Å². The summed E-state index contributed by atoms with van der Waals surface area (Å²) in [6.07, 6.45) is 0. The van der Waals surface area contributed by atoms with Crippen LogP contribution in [0.15, 0.2) is 91.0 Å². The normalized spacial score (nSPS) is 13.6. The molecule has 1 N–H and O–H groups in total. The summed E-state index contributed by atoms with van der Waals surface area (Å²) in [5.41, 5.74) is 0.352. The van der Waals surface area contributed by atoms with Crippen molar-refractivity contribution in [1.82, 2.24) is 0 Å². The van der Waals surface area contributed by atoms with Crippen molar-refractivity contribution >= 4 is 19.2 Å². The molecular weight excluding hydrogens is 371 g/mol. The molecule has 0 saturated carbocycles. The van der Waals surface area contributed by atoms with E-state index >= 15 is 0 Å². The van der Waals surface area contributed by atoms with Crippen LogP contribution in [-0.2, 0) is 9.91 Å². The number of alkyl halides is 1. The fourth-order valence-corrected chi connectivity index (χ4v) is 4.77. The van der Waals surface area contributed by atoms with Gasteiger partial charge in [-0.25, -0.2) is 4.57 Å². The number of benzene rings is 3. The molecule has 0 aliphatic rings. The van der Waals surface area contributed by atoms with Crippen LogP contribution in [-0.4, -0.2) is 11.0 Å². The Balaban J connectivity index is 2.08. The third kappa shape index (κ3) is 3.78. The van der Waals surface area contributed by atoms with E-state index < -0.39 is 12.9 Å². The molecule has 3 rings (SSSR count). The molecule has 0 heterocycles. The average molecular weight is 389 g/mol. The Morgan fingerprint density at radius 1 is 0.769 bits per heavy atom. The van der Waals surface area contributed by atoms with Crippen LogP contribution >= 0.6 is 19.2 Å². The quantitative estimate of drug-likeness (QED) is 0.433. The van der Waals surface area contributed by atoms with Gasteiger partial charge in [-0.15, -0.1) is 11.6 Å². The summed E-state index contributed by atoms with van der Waals surface area (Å²) in [6.45, 7) is 0. The van der Waals surface area contributed by atoms with Gasteiger partial charge in [0, 0.05) is 0 Å². The average Bonchev–Trinajstić information content (AvgIpc) is 2.69. The number of halogens is 1. The van der Waals surface area contributed by atoms with Crippen LogP contribution in [0.2, 0.25) is 0 Å². The molecule has 0 saturated heterocycles. The predicted molar refractivity (Wildman–Crippen MR) is 103 cm³/mol. The van der Waals surface area contributed by atoms with E-state index in [1.54, 1.807) is 91.0 Å². The molecule has 0 spiro atoms. The zero-order valence-electron chi connectivity index (χ0n) is 13.9. The molecule has 3 aromatic rings. The first-order valence-electron chi connectivity index (χ1n) is 8.01. The molecule has 0 fully saturated rings. The molecule has 0 aliphatic carbocycles. The molecule has 134 valence electrons. The topological polar surface area (TPSA) is 55.8 Å². The van der Waals surface area contributed by atoms with Gasteiger partial charge < -0.3 is 14.2 Å².